The molecule has 0 saturated heterocycles. The highest BCUT2D eigenvalue weighted by atomic mass is 35.5. The highest BCUT2D eigenvalue weighted by Crippen LogP contribution is 2.38. The first kappa shape index (κ1) is 17.3. The molecule has 8 heteroatoms. The number of hydrogen-bond acceptors (Lipinski definition) is 4. The third-order valence-corrected chi connectivity index (χ3v) is 4.14. The average molecular weight is 363 g/mol. The highest BCUT2D eigenvalue weighted by molar-refractivity contribution is 6.31. The standard InChI is InChI=1S/C17H19ClN4O3/c1-25-15-6-4-12(18)10-14(15)20-17(24)19-8-9-22-16(23)7-5-13(21-22)11-2-3-11/h4-7,10-11H,2-3,8-9H2,1H3,(H2,19,20,24). The molecule has 0 aliphatic heterocycles. The quantitative estimate of drug-likeness (QED) is 0.827. The molecule has 0 unspecified atom stereocenters. The minimum atomic E-state index is -0.410. The van der Waals surface area contributed by atoms with Gasteiger partial charge in [0.25, 0.3) is 5.56 Å². The molecule has 2 N–H and O–H groups in total. The number of rotatable bonds is 6. The van der Waals surface area contributed by atoms with Crippen molar-refractivity contribution in [1.82, 2.24) is 15.1 Å². The van der Waals surface area contributed by atoms with Gasteiger partial charge in [-0.15, -0.1) is 0 Å². The minimum Gasteiger partial charge on any atom is -0.495 e. The molecule has 132 valence electrons. The Labute approximate surface area is 149 Å². The molecule has 7 nitrogen and oxygen atoms in total. The van der Waals surface area contributed by atoms with Crippen LogP contribution in [-0.4, -0.2) is 29.5 Å². The molecule has 0 radical (unpaired) electrons. The van der Waals surface area contributed by atoms with E-state index in [-0.39, 0.29) is 12.1 Å². The summed E-state index contributed by atoms with van der Waals surface area (Å²) in [6.45, 7) is 0.579. The Kier molecular flexibility index (Phi) is 5.23. The van der Waals surface area contributed by atoms with Gasteiger partial charge in [-0.05, 0) is 37.1 Å². The van der Waals surface area contributed by atoms with E-state index in [4.69, 9.17) is 16.3 Å². The molecule has 0 spiro atoms. The molecule has 1 aliphatic carbocycles. The van der Waals surface area contributed by atoms with Gasteiger partial charge in [-0.3, -0.25) is 4.79 Å². The summed E-state index contributed by atoms with van der Waals surface area (Å²) in [4.78, 5) is 23.9. The van der Waals surface area contributed by atoms with E-state index in [1.54, 1.807) is 24.3 Å². The second kappa shape index (κ2) is 7.57. The molecular weight excluding hydrogens is 344 g/mol. The summed E-state index contributed by atoms with van der Waals surface area (Å²) in [5.41, 5.74) is 1.23. The summed E-state index contributed by atoms with van der Waals surface area (Å²) in [5, 5.41) is 10.2. The van der Waals surface area contributed by atoms with Crippen LogP contribution in [0.4, 0.5) is 10.5 Å². The Morgan fingerprint density at radius 2 is 2.16 bits per heavy atom. The topological polar surface area (TPSA) is 85.2 Å². The van der Waals surface area contributed by atoms with Crippen molar-refractivity contribution in [3.05, 3.63) is 51.4 Å². The van der Waals surface area contributed by atoms with E-state index in [9.17, 15) is 9.59 Å². The van der Waals surface area contributed by atoms with Crippen LogP contribution in [0.2, 0.25) is 5.02 Å². The number of halogens is 1. The molecular formula is C17H19ClN4O3. The molecule has 2 amide bonds. The van der Waals surface area contributed by atoms with Crippen molar-refractivity contribution in [2.75, 3.05) is 19.0 Å². The van der Waals surface area contributed by atoms with Gasteiger partial charge in [-0.25, -0.2) is 9.48 Å². The van der Waals surface area contributed by atoms with Crippen molar-refractivity contribution in [2.45, 2.75) is 25.3 Å². The number of benzene rings is 1. The maximum Gasteiger partial charge on any atom is 0.319 e. The molecule has 1 aromatic heterocycles. The number of methoxy groups -OCH3 is 1. The first-order valence-corrected chi connectivity index (χ1v) is 8.41. The van der Waals surface area contributed by atoms with Crippen molar-refractivity contribution in [3.8, 4) is 5.75 Å². The predicted octanol–water partition coefficient (Wildman–Crippen LogP) is 2.60. The first-order valence-electron chi connectivity index (χ1n) is 8.03. The second-order valence-corrected chi connectivity index (χ2v) is 6.26. The molecule has 1 heterocycles. The van der Waals surface area contributed by atoms with E-state index >= 15 is 0 Å². The lowest BCUT2D eigenvalue weighted by Gasteiger charge is -2.12. The third-order valence-electron chi connectivity index (χ3n) is 3.90. The van der Waals surface area contributed by atoms with Crippen LogP contribution >= 0.6 is 11.6 Å². The Hall–Kier alpha value is -2.54. The lowest BCUT2D eigenvalue weighted by Crippen LogP contribution is -2.34. The molecule has 1 saturated carbocycles. The number of carbonyl (C=O) groups is 1. The van der Waals surface area contributed by atoms with Crippen LogP contribution in [0.3, 0.4) is 0 Å². The van der Waals surface area contributed by atoms with Gasteiger partial charge in [0.15, 0.2) is 0 Å². The van der Waals surface area contributed by atoms with E-state index < -0.39 is 6.03 Å². The van der Waals surface area contributed by atoms with Crippen molar-refractivity contribution < 1.29 is 9.53 Å². The van der Waals surface area contributed by atoms with Gasteiger partial charge in [-0.1, -0.05) is 11.6 Å². The van der Waals surface area contributed by atoms with Crippen LogP contribution in [0.15, 0.2) is 35.1 Å². The highest BCUT2D eigenvalue weighted by Gasteiger charge is 2.25. The van der Waals surface area contributed by atoms with Crippen LogP contribution in [0.25, 0.3) is 0 Å². The van der Waals surface area contributed by atoms with Gasteiger partial charge in [0, 0.05) is 23.6 Å². The monoisotopic (exact) mass is 362 g/mol. The Bertz CT molecular complexity index is 833. The summed E-state index contributed by atoms with van der Waals surface area (Å²) in [6, 6.07) is 7.84. The summed E-state index contributed by atoms with van der Waals surface area (Å²) in [5.74, 6) is 0.980. The zero-order valence-corrected chi connectivity index (χ0v) is 14.5. The molecule has 0 bridgehead atoms. The molecule has 1 aliphatic rings. The van der Waals surface area contributed by atoms with Crippen LogP contribution in [0.5, 0.6) is 5.75 Å². The van der Waals surface area contributed by atoms with Crippen LogP contribution in [0.1, 0.15) is 24.5 Å². The number of carbonyl (C=O) groups excluding carboxylic acids is 1. The zero-order chi connectivity index (χ0) is 17.8. The van der Waals surface area contributed by atoms with E-state index in [1.807, 2.05) is 0 Å². The number of urea groups is 1. The smallest absolute Gasteiger partial charge is 0.319 e. The Balaban J connectivity index is 1.55. The number of ether oxygens (including phenoxy) is 1. The number of anilines is 1. The van der Waals surface area contributed by atoms with Crippen LogP contribution in [-0.2, 0) is 6.54 Å². The van der Waals surface area contributed by atoms with Gasteiger partial charge >= 0.3 is 6.03 Å². The summed E-state index contributed by atoms with van der Waals surface area (Å²) in [7, 11) is 1.51. The Morgan fingerprint density at radius 1 is 1.36 bits per heavy atom. The fourth-order valence-electron chi connectivity index (χ4n) is 2.44. The molecule has 3 rings (SSSR count). The lowest BCUT2D eigenvalue weighted by molar-refractivity contribution is 0.251. The van der Waals surface area contributed by atoms with Crippen molar-refractivity contribution in [3.63, 3.8) is 0 Å². The molecule has 0 atom stereocenters. The third kappa shape index (κ3) is 4.51. The maximum absolute atomic E-state index is 12.0. The van der Waals surface area contributed by atoms with Crippen LogP contribution < -0.4 is 20.9 Å². The molecule has 1 fully saturated rings. The van der Waals surface area contributed by atoms with E-state index in [2.05, 4.69) is 15.7 Å². The number of nitrogens with one attached hydrogen (secondary N) is 2. The minimum absolute atomic E-state index is 0.178. The predicted molar refractivity (Wildman–Crippen MR) is 95.5 cm³/mol. The van der Waals surface area contributed by atoms with E-state index in [0.717, 1.165) is 18.5 Å². The van der Waals surface area contributed by atoms with E-state index in [0.29, 0.717) is 28.9 Å². The molecule has 25 heavy (non-hydrogen) atoms. The zero-order valence-electron chi connectivity index (χ0n) is 13.8. The van der Waals surface area contributed by atoms with E-state index in [1.165, 1.54) is 17.9 Å². The number of nitrogens with zero attached hydrogens (tertiary/aromatic N) is 2. The summed E-state index contributed by atoms with van der Waals surface area (Å²) >= 11 is 5.93. The average Bonchev–Trinajstić information content (AvgIpc) is 3.42. The van der Waals surface area contributed by atoms with Gasteiger partial charge in [0.1, 0.15) is 5.75 Å². The number of hydrogen-bond donors (Lipinski definition) is 2. The van der Waals surface area contributed by atoms with Gasteiger partial charge < -0.3 is 15.4 Å². The molecule has 1 aromatic carbocycles. The fraction of sp³-hybridized carbons (Fsp3) is 0.353. The SMILES string of the molecule is COc1ccc(Cl)cc1NC(=O)NCCn1nc(C2CC2)ccc1=O. The normalized spacial score (nSPS) is 13.4. The molecule has 2 aromatic rings. The Morgan fingerprint density at radius 3 is 2.88 bits per heavy atom. The number of amides is 2. The summed E-state index contributed by atoms with van der Waals surface area (Å²) in [6.07, 6.45) is 2.24. The van der Waals surface area contributed by atoms with Crippen molar-refractivity contribution >= 4 is 23.3 Å². The van der Waals surface area contributed by atoms with Gasteiger partial charge in [0.05, 0.1) is 25.0 Å². The summed E-state index contributed by atoms with van der Waals surface area (Å²) < 4.78 is 6.56. The first-order chi connectivity index (χ1) is 12.1. The number of aromatic nitrogens is 2. The largest absolute Gasteiger partial charge is 0.495 e. The fourth-order valence-corrected chi connectivity index (χ4v) is 2.61. The van der Waals surface area contributed by atoms with Crippen molar-refractivity contribution in [1.29, 1.82) is 0 Å². The maximum atomic E-state index is 12.0. The lowest BCUT2D eigenvalue weighted by atomic mass is 10.3. The van der Waals surface area contributed by atoms with Crippen molar-refractivity contribution in [2.24, 2.45) is 0 Å². The van der Waals surface area contributed by atoms with Crippen LogP contribution in [0, 0.1) is 0 Å². The second-order valence-electron chi connectivity index (χ2n) is 5.82. The van der Waals surface area contributed by atoms with Gasteiger partial charge in [0.2, 0.25) is 0 Å². The van der Waals surface area contributed by atoms with Gasteiger partial charge in [-0.2, -0.15) is 5.10 Å².